The van der Waals surface area contributed by atoms with Crippen molar-refractivity contribution in [2.75, 3.05) is 38.2 Å². The third kappa shape index (κ3) is 3.41. The average Bonchev–Trinajstić information content (AvgIpc) is 2.28. The van der Waals surface area contributed by atoms with Crippen LogP contribution in [0.15, 0.2) is 0 Å². The highest BCUT2D eigenvalue weighted by Gasteiger charge is 2.48. The minimum atomic E-state index is 0.107. The zero-order valence-corrected chi connectivity index (χ0v) is 13.5. The fraction of sp³-hybridized carbons (Fsp3) is 1.00. The first kappa shape index (κ1) is 16.3. The summed E-state index contributed by atoms with van der Waals surface area (Å²) in [6.45, 7) is 11.4. The zero-order valence-electron chi connectivity index (χ0n) is 12.7. The predicted octanol–water partition coefficient (Wildman–Crippen LogP) is 2.20. The highest BCUT2D eigenvalue weighted by atomic mass is 32.2. The van der Waals surface area contributed by atoms with Crippen molar-refractivity contribution in [1.82, 2.24) is 4.90 Å². The molecule has 0 aromatic rings. The maximum absolute atomic E-state index is 6.15. The van der Waals surface area contributed by atoms with Gasteiger partial charge in [-0.1, -0.05) is 13.8 Å². The molecule has 1 saturated heterocycles. The minimum Gasteiger partial charge on any atom is -0.377 e. The normalized spacial score (nSPS) is 28.0. The lowest BCUT2D eigenvalue weighted by Gasteiger charge is -2.54. The lowest BCUT2D eigenvalue weighted by Crippen LogP contribution is -2.65. The highest BCUT2D eigenvalue weighted by molar-refractivity contribution is 7.99. The number of ether oxygens (including phenoxy) is 1. The molecule has 1 aliphatic rings. The van der Waals surface area contributed by atoms with E-state index < -0.39 is 0 Å². The summed E-state index contributed by atoms with van der Waals surface area (Å²) in [5, 5.41) is 0. The molecule has 1 heterocycles. The highest BCUT2D eigenvalue weighted by Crippen LogP contribution is 2.44. The van der Waals surface area contributed by atoms with E-state index in [-0.39, 0.29) is 11.0 Å². The van der Waals surface area contributed by atoms with Crippen molar-refractivity contribution in [1.29, 1.82) is 0 Å². The van der Waals surface area contributed by atoms with Gasteiger partial charge in [0.2, 0.25) is 0 Å². The Morgan fingerprint density at radius 1 is 1.39 bits per heavy atom. The summed E-state index contributed by atoms with van der Waals surface area (Å²) in [6, 6.07) is 0. The average molecular weight is 274 g/mol. The van der Waals surface area contributed by atoms with Crippen molar-refractivity contribution < 1.29 is 4.74 Å². The van der Waals surface area contributed by atoms with E-state index in [0.717, 1.165) is 25.4 Å². The molecular formula is C14H30N2OS. The molecule has 0 saturated carbocycles. The van der Waals surface area contributed by atoms with Gasteiger partial charge in [-0.25, -0.2) is 0 Å². The van der Waals surface area contributed by atoms with Gasteiger partial charge in [0, 0.05) is 24.4 Å². The van der Waals surface area contributed by atoms with Crippen LogP contribution in [-0.2, 0) is 4.74 Å². The summed E-state index contributed by atoms with van der Waals surface area (Å²) in [4.78, 5) is 2.43. The molecule has 1 fully saturated rings. The van der Waals surface area contributed by atoms with E-state index in [4.69, 9.17) is 10.5 Å². The van der Waals surface area contributed by atoms with Crippen LogP contribution in [0.1, 0.15) is 34.1 Å². The molecule has 0 bridgehead atoms. The molecule has 2 N–H and O–H groups in total. The van der Waals surface area contributed by atoms with E-state index in [1.54, 1.807) is 0 Å². The predicted molar refractivity (Wildman–Crippen MR) is 81.2 cm³/mol. The van der Waals surface area contributed by atoms with Gasteiger partial charge in [-0.15, -0.1) is 0 Å². The first-order valence-corrected chi connectivity index (χ1v) is 8.12. The van der Waals surface area contributed by atoms with E-state index in [2.05, 4.69) is 39.6 Å². The molecule has 3 nitrogen and oxygen atoms in total. The second-order valence-corrected chi connectivity index (χ2v) is 7.37. The lowest BCUT2D eigenvalue weighted by atomic mass is 9.70. The van der Waals surface area contributed by atoms with Crippen LogP contribution in [0.3, 0.4) is 0 Å². The smallest absolute Gasteiger partial charge is 0.0597 e. The van der Waals surface area contributed by atoms with Crippen molar-refractivity contribution in [2.45, 2.75) is 45.8 Å². The van der Waals surface area contributed by atoms with Gasteiger partial charge < -0.3 is 10.5 Å². The Labute approximate surface area is 117 Å². The topological polar surface area (TPSA) is 38.5 Å². The van der Waals surface area contributed by atoms with Gasteiger partial charge in [0.15, 0.2) is 0 Å². The third-order valence-corrected chi connectivity index (χ3v) is 5.59. The van der Waals surface area contributed by atoms with E-state index in [1.807, 2.05) is 11.8 Å². The molecular weight excluding hydrogens is 244 g/mol. The van der Waals surface area contributed by atoms with Crippen LogP contribution < -0.4 is 5.73 Å². The van der Waals surface area contributed by atoms with Crippen molar-refractivity contribution in [2.24, 2.45) is 11.1 Å². The SMILES string of the molecule is CC(C)OCCN(C)C1(CN)CSCCC1(C)C. The molecule has 0 radical (unpaired) electrons. The van der Waals surface area contributed by atoms with Gasteiger partial charge in [-0.3, -0.25) is 4.90 Å². The Hall–Kier alpha value is 0.230. The van der Waals surface area contributed by atoms with Crippen LogP contribution in [-0.4, -0.2) is 54.8 Å². The zero-order chi connectivity index (χ0) is 13.8. The molecule has 0 spiro atoms. The van der Waals surface area contributed by atoms with E-state index in [0.29, 0.717) is 6.10 Å². The molecule has 18 heavy (non-hydrogen) atoms. The van der Waals surface area contributed by atoms with Crippen LogP contribution in [0.5, 0.6) is 0 Å². The summed E-state index contributed by atoms with van der Waals surface area (Å²) in [6.07, 6.45) is 1.55. The third-order valence-electron chi connectivity index (χ3n) is 4.42. The van der Waals surface area contributed by atoms with Gasteiger partial charge in [-0.05, 0) is 38.5 Å². The van der Waals surface area contributed by atoms with Gasteiger partial charge in [0.05, 0.1) is 12.7 Å². The Balaban J connectivity index is 2.67. The van der Waals surface area contributed by atoms with Crippen molar-refractivity contribution in [3.8, 4) is 0 Å². The van der Waals surface area contributed by atoms with Gasteiger partial charge in [-0.2, -0.15) is 11.8 Å². The standard InChI is InChI=1S/C14H30N2OS/c1-12(2)17-8-7-16(5)14(10-15)11-18-9-6-13(14,3)4/h12H,6-11,15H2,1-5H3. The van der Waals surface area contributed by atoms with Crippen LogP contribution in [0.2, 0.25) is 0 Å². The molecule has 108 valence electrons. The molecule has 1 atom stereocenters. The largest absolute Gasteiger partial charge is 0.377 e. The number of nitrogens with zero attached hydrogens (tertiary/aromatic N) is 1. The molecule has 1 aliphatic heterocycles. The monoisotopic (exact) mass is 274 g/mol. The van der Waals surface area contributed by atoms with Crippen molar-refractivity contribution in [3.63, 3.8) is 0 Å². The first-order valence-electron chi connectivity index (χ1n) is 6.96. The number of nitrogens with two attached hydrogens (primary N) is 1. The summed E-state index contributed by atoms with van der Waals surface area (Å²) in [5.41, 5.74) is 6.54. The Kier molecular flexibility index (Phi) is 5.97. The van der Waals surface area contributed by atoms with E-state index in [1.165, 1.54) is 12.2 Å². The Bertz CT molecular complexity index is 258. The summed E-state index contributed by atoms with van der Waals surface area (Å²) < 4.78 is 5.67. The number of hydrogen-bond acceptors (Lipinski definition) is 4. The van der Waals surface area contributed by atoms with E-state index in [9.17, 15) is 0 Å². The van der Waals surface area contributed by atoms with Crippen molar-refractivity contribution >= 4 is 11.8 Å². The van der Waals surface area contributed by atoms with Crippen molar-refractivity contribution in [3.05, 3.63) is 0 Å². The van der Waals surface area contributed by atoms with Gasteiger partial charge in [0.1, 0.15) is 0 Å². The maximum Gasteiger partial charge on any atom is 0.0597 e. The summed E-state index contributed by atoms with van der Waals surface area (Å²) >= 11 is 2.03. The Morgan fingerprint density at radius 2 is 2.06 bits per heavy atom. The number of rotatable bonds is 6. The molecule has 0 aromatic carbocycles. The minimum absolute atomic E-state index is 0.107. The van der Waals surface area contributed by atoms with Gasteiger partial charge in [0.25, 0.3) is 0 Å². The van der Waals surface area contributed by atoms with Crippen LogP contribution in [0.4, 0.5) is 0 Å². The number of likely N-dealkylation sites (N-methyl/N-ethyl adjacent to an activating group) is 1. The summed E-state index contributed by atoms with van der Waals surface area (Å²) in [7, 11) is 2.20. The summed E-state index contributed by atoms with van der Waals surface area (Å²) in [5.74, 6) is 2.39. The van der Waals surface area contributed by atoms with E-state index >= 15 is 0 Å². The second kappa shape index (κ2) is 6.60. The fourth-order valence-electron chi connectivity index (χ4n) is 2.75. The fourth-order valence-corrected chi connectivity index (χ4v) is 4.62. The molecule has 0 amide bonds. The molecule has 1 unspecified atom stereocenters. The van der Waals surface area contributed by atoms with Gasteiger partial charge >= 0.3 is 0 Å². The van der Waals surface area contributed by atoms with Crippen LogP contribution >= 0.6 is 11.8 Å². The number of hydrogen-bond donors (Lipinski definition) is 1. The lowest BCUT2D eigenvalue weighted by molar-refractivity contribution is -0.00991. The quantitative estimate of drug-likeness (QED) is 0.806. The molecule has 4 heteroatoms. The Morgan fingerprint density at radius 3 is 2.56 bits per heavy atom. The van der Waals surface area contributed by atoms with Crippen LogP contribution in [0, 0.1) is 5.41 Å². The molecule has 1 rings (SSSR count). The number of thioether (sulfide) groups is 1. The maximum atomic E-state index is 6.15. The van der Waals surface area contributed by atoms with Crippen LogP contribution in [0.25, 0.3) is 0 Å². The molecule has 0 aliphatic carbocycles. The molecule has 0 aromatic heterocycles. The second-order valence-electron chi connectivity index (χ2n) is 6.26. The first-order chi connectivity index (χ1) is 8.35.